The van der Waals surface area contributed by atoms with E-state index >= 15 is 0 Å². The second-order valence-electron chi connectivity index (χ2n) is 3.80. The average Bonchev–Trinajstić information content (AvgIpc) is 2.39. The summed E-state index contributed by atoms with van der Waals surface area (Å²) in [6.07, 6.45) is 1.56. The van der Waals surface area contributed by atoms with Gasteiger partial charge in [0, 0.05) is 18.2 Å². The lowest BCUT2D eigenvalue weighted by atomic mass is 10.1. The maximum absolute atomic E-state index is 13.2. The van der Waals surface area contributed by atoms with Crippen LogP contribution in [0.5, 0.6) is 5.75 Å². The molecule has 2 rings (SSSR count). The van der Waals surface area contributed by atoms with Gasteiger partial charge < -0.3 is 9.84 Å². The van der Waals surface area contributed by atoms with Gasteiger partial charge in [-0.2, -0.15) is 0 Å². The fourth-order valence-electron chi connectivity index (χ4n) is 1.66. The molecule has 0 saturated carbocycles. The third-order valence-corrected chi connectivity index (χ3v) is 2.52. The van der Waals surface area contributed by atoms with Crippen molar-refractivity contribution in [2.24, 2.45) is 0 Å². The first-order chi connectivity index (χ1) is 9.10. The highest BCUT2D eigenvalue weighted by molar-refractivity contribution is 5.85. The number of hydrogen-bond donors (Lipinski definition) is 1. The van der Waals surface area contributed by atoms with Crippen molar-refractivity contribution in [3.8, 4) is 5.75 Å². The summed E-state index contributed by atoms with van der Waals surface area (Å²) in [6.45, 7) is 0. The van der Waals surface area contributed by atoms with Crippen LogP contribution in [0.4, 0.5) is 4.39 Å². The Morgan fingerprint density at radius 3 is 2.89 bits per heavy atom. The first-order valence-corrected chi connectivity index (χ1v) is 5.48. The molecule has 0 radical (unpaired) electrons. The number of aromatic nitrogens is 2. The summed E-state index contributed by atoms with van der Waals surface area (Å²) in [6, 6.07) is 5.41. The fourth-order valence-corrected chi connectivity index (χ4v) is 1.66. The minimum atomic E-state index is -1.13. The fraction of sp³-hybridized carbons (Fsp3) is 0.154. The molecule has 1 aromatic carbocycles. The van der Waals surface area contributed by atoms with Gasteiger partial charge in [0.15, 0.2) is 5.69 Å². The lowest BCUT2D eigenvalue weighted by molar-refractivity contribution is 0.0690. The highest BCUT2D eigenvalue weighted by Gasteiger charge is 2.10. The van der Waals surface area contributed by atoms with E-state index in [4.69, 9.17) is 9.84 Å². The number of carboxylic acid groups (broad SMARTS) is 1. The van der Waals surface area contributed by atoms with Crippen molar-refractivity contribution < 1.29 is 19.0 Å². The SMILES string of the molecule is COc1ccc(F)cc1Cc1nccc(C(=O)O)n1. The van der Waals surface area contributed by atoms with Gasteiger partial charge in [-0.1, -0.05) is 0 Å². The normalized spacial score (nSPS) is 10.2. The third kappa shape index (κ3) is 3.04. The van der Waals surface area contributed by atoms with E-state index in [9.17, 15) is 9.18 Å². The molecule has 5 nitrogen and oxygen atoms in total. The molecule has 2 aromatic rings. The number of benzene rings is 1. The second kappa shape index (κ2) is 5.43. The van der Waals surface area contributed by atoms with Crippen LogP contribution in [-0.4, -0.2) is 28.2 Å². The van der Waals surface area contributed by atoms with Gasteiger partial charge in [-0.3, -0.25) is 0 Å². The molecular weight excluding hydrogens is 251 g/mol. The highest BCUT2D eigenvalue weighted by atomic mass is 19.1. The minimum Gasteiger partial charge on any atom is -0.496 e. The van der Waals surface area contributed by atoms with Crippen LogP contribution in [0.15, 0.2) is 30.5 Å². The average molecular weight is 262 g/mol. The standard InChI is InChI=1S/C13H11FN2O3/c1-19-11-3-2-9(14)6-8(11)7-12-15-5-4-10(16-12)13(17)18/h2-6H,7H2,1H3,(H,17,18). The first-order valence-electron chi connectivity index (χ1n) is 5.48. The number of hydrogen-bond acceptors (Lipinski definition) is 4. The molecule has 0 spiro atoms. The van der Waals surface area contributed by atoms with Crippen molar-refractivity contribution in [3.63, 3.8) is 0 Å². The zero-order valence-corrected chi connectivity index (χ0v) is 10.1. The van der Waals surface area contributed by atoms with Gasteiger partial charge in [-0.25, -0.2) is 19.2 Å². The smallest absolute Gasteiger partial charge is 0.354 e. The van der Waals surface area contributed by atoms with Gasteiger partial charge in [-0.15, -0.1) is 0 Å². The zero-order valence-electron chi connectivity index (χ0n) is 10.1. The van der Waals surface area contributed by atoms with Crippen molar-refractivity contribution in [3.05, 3.63) is 53.4 Å². The molecule has 0 fully saturated rings. The van der Waals surface area contributed by atoms with Crippen LogP contribution in [0.1, 0.15) is 21.9 Å². The Bertz CT molecular complexity index is 617. The lowest BCUT2D eigenvalue weighted by Crippen LogP contribution is -2.06. The van der Waals surface area contributed by atoms with Crippen LogP contribution >= 0.6 is 0 Å². The predicted molar refractivity (Wildman–Crippen MR) is 64.7 cm³/mol. The second-order valence-corrected chi connectivity index (χ2v) is 3.80. The van der Waals surface area contributed by atoms with Crippen molar-refractivity contribution >= 4 is 5.97 Å². The van der Waals surface area contributed by atoms with E-state index in [0.29, 0.717) is 17.1 Å². The zero-order chi connectivity index (χ0) is 13.8. The van der Waals surface area contributed by atoms with Crippen LogP contribution in [0.25, 0.3) is 0 Å². The Morgan fingerprint density at radius 1 is 1.42 bits per heavy atom. The Balaban J connectivity index is 2.33. The molecule has 1 N–H and O–H groups in total. The quantitative estimate of drug-likeness (QED) is 0.911. The molecule has 0 amide bonds. The number of aromatic carboxylic acids is 1. The molecule has 0 bridgehead atoms. The number of carbonyl (C=O) groups is 1. The molecule has 19 heavy (non-hydrogen) atoms. The van der Waals surface area contributed by atoms with Gasteiger partial charge in [0.25, 0.3) is 0 Å². The van der Waals surface area contributed by atoms with E-state index < -0.39 is 11.8 Å². The van der Waals surface area contributed by atoms with Crippen molar-refractivity contribution in [2.75, 3.05) is 7.11 Å². The van der Waals surface area contributed by atoms with Gasteiger partial charge in [0.2, 0.25) is 0 Å². The number of methoxy groups -OCH3 is 1. The van der Waals surface area contributed by atoms with Crippen molar-refractivity contribution in [1.82, 2.24) is 9.97 Å². The Labute approximate surface area is 108 Å². The molecule has 0 unspecified atom stereocenters. The summed E-state index contributed by atoms with van der Waals surface area (Å²) in [7, 11) is 1.48. The molecule has 98 valence electrons. The molecule has 0 atom stereocenters. The molecule has 6 heteroatoms. The van der Waals surface area contributed by atoms with Gasteiger partial charge >= 0.3 is 5.97 Å². The molecule has 0 aliphatic heterocycles. The van der Waals surface area contributed by atoms with Crippen LogP contribution in [0.3, 0.4) is 0 Å². The summed E-state index contributed by atoms with van der Waals surface area (Å²) in [5.41, 5.74) is 0.463. The third-order valence-electron chi connectivity index (χ3n) is 2.52. The maximum Gasteiger partial charge on any atom is 0.354 e. The molecule has 0 saturated heterocycles. The first kappa shape index (κ1) is 12.9. The Hall–Kier alpha value is -2.50. The summed E-state index contributed by atoms with van der Waals surface area (Å²) in [4.78, 5) is 18.7. The van der Waals surface area contributed by atoms with Crippen molar-refractivity contribution in [1.29, 1.82) is 0 Å². The molecule has 1 aromatic heterocycles. The van der Waals surface area contributed by atoms with Crippen LogP contribution < -0.4 is 4.74 Å². The summed E-state index contributed by atoms with van der Waals surface area (Å²) < 4.78 is 18.3. The molecule has 0 aliphatic carbocycles. The van der Waals surface area contributed by atoms with E-state index in [1.54, 1.807) is 0 Å². The van der Waals surface area contributed by atoms with Crippen LogP contribution in [0.2, 0.25) is 0 Å². The summed E-state index contributed by atoms with van der Waals surface area (Å²) in [5, 5.41) is 8.85. The number of halogens is 1. The topological polar surface area (TPSA) is 72.3 Å². The summed E-state index contributed by atoms with van der Waals surface area (Å²) >= 11 is 0. The van der Waals surface area contributed by atoms with Crippen molar-refractivity contribution in [2.45, 2.75) is 6.42 Å². The van der Waals surface area contributed by atoms with E-state index in [-0.39, 0.29) is 12.1 Å². The number of ether oxygens (including phenoxy) is 1. The van der Waals surface area contributed by atoms with Gasteiger partial charge in [0.1, 0.15) is 17.4 Å². The van der Waals surface area contributed by atoms with Crippen LogP contribution in [-0.2, 0) is 6.42 Å². The van der Waals surface area contributed by atoms with E-state index in [2.05, 4.69) is 9.97 Å². The lowest BCUT2D eigenvalue weighted by Gasteiger charge is -2.07. The predicted octanol–water partition coefficient (Wildman–Crippen LogP) is 1.91. The van der Waals surface area contributed by atoms with Gasteiger partial charge in [0.05, 0.1) is 7.11 Å². The number of carboxylic acids is 1. The van der Waals surface area contributed by atoms with E-state index in [1.807, 2.05) is 0 Å². The van der Waals surface area contributed by atoms with Gasteiger partial charge in [-0.05, 0) is 24.3 Å². The molecular formula is C13H11FN2O3. The number of rotatable bonds is 4. The largest absolute Gasteiger partial charge is 0.496 e. The molecule has 1 heterocycles. The highest BCUT2D eigenvalue weighted by Crippen LogP contribution is 2.21. The van der Waals surface area contributed by atoms with E-state index in [1.165, 1.54) is 37.6 Å². The maximum atomic E-state index is 13.2. The van der Waals surface area contributed by atoms with Crippen LogP contribution in [0, 0.1) is 5.82 Å². The minimum absolute atomic E-state index is 0.0969. The number of nitrogens with zero attached hydrogens (tertiary/aromatic N) is 2. The monoisotopic (exact) mass is 262 g/mol. The molecule has 0 aliphatic rings. The van der Waals surface area contributed by atoms with E-state index in [0.717, 1.165) is 0 Å². The Kier molecular flexibility index (Phi) is 3.70. The Morgan fingerprint density at radius 2 is 2.21 bits per heavy atom. The summed E-state index contributed by atoms with van der Waals surface area (Å²) in [5.74, 6) is -0.727.